The van der Waals surface area contributed by atoms with Gasteiger partial charge in [-0.3, -0.25) is 19.2 Å². The number of nitrogens with one attached hydrogen (secondary N) is 1. The molecule has 3 aliphatic rings. The summed E-state index contributed by atoms with van der Waals surface area (Å²) in [7, 11) is 0. The van der Waals surface area contributed by atoms with Gasteiger partial charge < -0.3 is 24.8 Å². The molecule has 9 heteroatoms. The second-order valence-electron chi connectivity index (χ2n) is 14.2. The van der Waals surface area contributed by atoms with Gasteiger partial charge in [-0.1, -0.05) is 27.7 Å². The van der Waals surface area contributed by atoms with Gasteiger partial charge in [0.05, 0.1) is 11.6 Å². The van der Waals surface area contributed by atoms with Crippen LogP contribution >= 0.6 is 0 Å². The average Bonchev–Trinajstić information content (AvgIpc) is 3.65. The number of ether oxygens (including phenoxy) is 1. The molecule has 9 nitrogen and oxygen atoms in total. The van der Waals surface area contributed by atoms with E-state index in [0.29, 0.717) is 64.4 Å². The molecule has 0 radical (unpaired) electrons. The van der Waals surface area contributed by atoms with Crippen molar-refractivity contribution in [3.8, 4) is 0 Å². The van der Waals surface area contributed by atoms with Crippen molar-refractivity contribution in [3.63, 3.8) is 0 Å². The molecule has 3 fully saturated rings. The molecule has 0 aromatic heterocycles. The van der Waals surface area contributed by atoms with Crippen molar-refractivity contribution in [2.45, 2.75) is 148 Å². The molecule has 0 aromatic rings. The van der Waals surface area contributed by atoms with Crippen molar-refractivity contribution in [1.29, 1.82) is 0 Å². The standard InChI is InChI=1S/C32H56N4O5/c1-22(2)28(38)24-12-9-19-35(24)30(40)26-14-11-20-36(26)29(39)25-13-10-18-34(25)27(37)15-16-32(7,8)41-21-17-31(5,6)33-23(3)4/h22-26,33H,9-21H2,1-8H3. The van der Waals surface area contributed by atoms with Crippen molar-refractivity contribution in [2.75, 3.05) is 26.2 Å². The summed E-state index contributed by atoms with van der Waals surface area (Å²) in [5, 5.41) is 3.55. The minimum absolute atomic E-state index is 0.0245. The molecule has 41 heavy (non-hydrogen) atoms. The van der Waals surface area contributed by atoms with Crippen molar-refractivity contribution >= 4 is 23.5 Å². The quantitative estimate of drug-likeness (QED) is 0.357. The summed E-state index contributed by atoms with van der Waals surface area (Å²) in [6.45, 7) is 18.7. The molecule has 3 amide bonds. The van der Waals surface area contributed by atoms with Crippen LogP contribution in [0.5, 0.6) is 0 Å². The lowest BCUT2D eigenvalue weighted by Gasteiger charge is -2.34. The van der Waals surface area contributed by atoms with Gasteiger partial charge in [0.25, 0.3) is 0 Å². The Balaban J connectivity index is 1.56. The molecule has 3 unspecified atom stereocenters. The fourth-order valence-corrected chi connectivity index (χ4v) is 6.76. The van der Waals surface area contributed by atoms with Crippen LogP contribution in [0, 0.1) is 5.92 Å². The maximum Gasteiger partial charge on any atom is 0.246 e. The van der Waals surface area contributed by atoms with Gasteiger partial charge >= 0.3 is 0 Å². The minimum Gasteiger partial charge on any atom is -0.375 e. The smallest absolute Gasteiger partial charge is 0.246 e. The van der Waals surface area contributed by atoms with Crippen molar-refractivity contribution < 1.29 is 23.9 Å². The molecule has 0 saturated carbocycles. The largest absolute Gasteiger partial charge is 0.375 e. The van der Waals surface area contributed by atoms with Crippen LogP contribution in [-0.4, -0.2) is 99.8 Å². The number of Topliss-reactive ketones (excluding diaryl/α,β-unsaturated/α-hetero) is 1. The third kappa shape index (κ3) is 8.76. The van der Waals surface area contributed by atoms with E-state index in [1.165, 1.54) is 0 Å². The van der Waals surface area contributed by atoms with Crippen molar-refractivity contribution in [3.05, 3.63) is 0 Å². The maximum atomic E-state index is 13.8. The van der Waals surface area contributed by atoms with Gasteiger partial charge in [-0.15, -0.1) is 0 Å². The van der Waals surface area contributed by atoms with Crippen LogP contribution in [-0.2, 0) is 23.9 Å². The Bertz CT molecular complexity index is 946. The molecule has 3 atom stereocenters. The lowest BCUT2D eigenvalue weighted by Crippen LogP contribution is -2.55. The lowest BCUT2D eigenvalue weighted by atomic mass is 9.98. The first-order valence-electron chi connectivity index (χ1n) is 16.0. The first-order valence-corrected chi connectivity index (χ1v) is 16.0. The normalized spacial score (nSPS) is 23.8. The average molecular weight is 577 g/mol. The summed E-state index contributed by atoms with van der Waals surface area (Å²) in [4.78, 5) is 58.7. The monoisotopic (exact) mass is 576 g/mol. The highest BCUT2D eigenvalue weighted by atomic mass is 16.5. The van der Waals surface area contributed by atoms with E-state index in [-0.39, 0.29) is 41.0 Å². The Morgan fingerprint density at radius 1 is 0.756 bits per heavy atom. The summed E-state index contributed by atoms with van der Waals surface area (Å²) in [5.74, 6) is -0.274. The predicted molar refractivity (Wildman–Crippen MR) is 160 cm³/mol. The van der Waals surface area contributed by atoms with E-state index in [4.69, 9.17) is 4.74 Å². The Morgan fingerprint density at radius 2 is 1.24 bits per heavy atom. The lowest BCUT2D eigenvalue weighted by molar-refractivity contribution is -0.150. The minimum atomic E-state index is -0.539. The van der Waals surface area contributed by atoms with Gasteiger partial charge in [0.15, 0.2) is 5.78 Å². The summed E-state index contributed by atoms with van der Waals surface area (Å²) < 4.78 is 6.19. The number of carbonyl (C=O) groups is 4. The van der Waals surface area contributed by atoms with Crippen molar-refractivity contribution in [2.24, 2.45) is 5.92 Å². The van der Waals surface area contributed by atoms with E-state index in [0.717, 1.165) is 25.7 Å². The molecular weight excluding hydrogens is 520 g/mol. The number of ketones is 1. The van der Waals surface area contributed by atoms with E-state index in [9.17, 15) is 19.2 Å². The second kappa shape index (κ2) is 14.0. The highest BCUT2D eigenvalue weighted by Gasteiger charge is 2.45. The Hall–Kier alpha value is -2.00. The third-order valence-electron chi connectivity index (χ3n) is 8.95. The van der Waals surface area contributed by atoms with Crippen LogP contribution in [0.1, 0.15) is 113 Å². The Labute approximate surface area is 248 Å². The topological polar surface area (TPSA) is 99.3 Å². The Kier molecular flexibility index (Phi) is 11.4. The number of hydrogen-bond acceptors (Lipinski definition) is 6. The van der Waals surface area contributed by atoms with Crippen LogP contribution in [0.4, 0.5) is 0 Å². The molecule has 0 aromatic carbocycles. The second-order valence-corrected chi connectivity index (χ2v) is 14.2. The van der Waals surface area contributed by atoms with E-state index in [1.54, 1.807) is 14.7 Å². The molecule has 234 valence electrons. The van der Waals surface area contributed by atoms with Gasteiger partial charge in [-0.25, -0.2) is 0 Å². The molecule has 3 heterocycles. The number of nitrogens with zero attached hydrogens (tertiary/aromatic N) is 3. The van der Waals surface area contributed by atoms with E-state index in [2.05, 4.69) is 33.0 Å². The van der Waals surface area contributed by atoms with Gasteiger partial charge in [0, 0.05) is 50.2 Å². The first kappa shape index (κ1) is 33.5. The van der Waals surface area contributed by atoms with Gasteiger partial charge in [-0.2, -0.15) is 0 Å². The molecule has 0 aliphatic carbocycles. The molecular formula is C32H56N4O5. The fraction of sp³-hybridized carbons (Fsp3) is 0.875. The molecule has 0 bridgehead atoms. The molecule has 3 saturated heterocycles. The van der Waals surface area contributed by atoms with E-state index < -0.39 is 17.7 Å². The fourth-order valence-electron chi connectivity index (χ4n) is 6.76. The van der Waals surface area contributed by atoms with Crippen LogP contribution in [0.25, 0.3) is 0 Å². The van der Waals surface area contributed by atoms with Crippen LogP contribution in [0.3, 0.4) is 0 Å². The molecule has 1 N–H and O–H groups in total. The number of rotatable bonds is 13. The molecule has 3 aliphatic heterocycles. The number of hydrogen-bond donors (Lipinski definition) is 1. The van der Waals surface area contributed by atoms with Gasteiger partial charge in [-0.05, 0) is 79.1 Å². The zero-order valence-corrected chi connectivity index (χ0v) is 27.0. The predicted octanol–water partition coefficient (Wildman–Crippen LogP) is 3.93. The van der Waals surface area contributed by atoms with Crippen LogP contribution in [0.2, 0.25) is 0 Å². The number of carbonyl (C=O) groups excluding carboxylic acids is 4. The summed E-state index contributed by atoms with van der Waals surface area (Å²) in [5.41, 5.74) is -0.480. The zero-order chi connectivity index (χ0) is 30.5. The number of likely N-dealkylation sites (tertiary alicyclic amines) is 3. The highest BCUT2D eigenvalue weighted by Crippen LogP contribution is 2.30. The summed E-state index contributed by atoms with van der Waals surface area (Å²) in [6.07, 6.45) is 6.04. The highest BCUT2D eigenvalue weighted by molar-refractivity contribution is 5.96. The van der Waals surface area contributed by atoms with Crippen LogP contribution < -0.4 is 5.32 Å². The van der Waals surface area contributed by atoms with E-state index >= 15 is 0 Å². The summed E-state index contributed by atoms with van der Waals surface area (Å²) in [6, 6.07) is -1.04. The SMILES string of the molecule is CC(C)NC(C)(C)CCOC(C)(C)CCC(=O)N1CCCC1C(=O)N1CCCC1C(=O)N1CCCC1C(=O)C(C)C. The zero-order valence-electron chi connectivity index (χ0n) is 27.0. The molecule has 0 spiro atoms. The first-order chi connectivity index (χ1) is 19.1. The molecule has 3 rings (SSSR count). The van der Waals surface area contributed by atoms with Gasteiger partial charge in [0.1, 0.15) is 12.1 Å². The Morgan fingerprint density at radius 3 is 1.78 bits per heavy atom. The third-order valence-corrected chi connectivity index (χ3v) is 8.95. The van der Waals surface area contributed by atoms with Crippen LogP contribution in [0.15, 0.2) is 0 Å². The van der Waals surface area contributed by atoms with Crippen molar-refractivity contribution in [1.82, 2.24) is 20.0 Å². The summed E-state index contributed by atoms with van der Waals surface area (Å²) >= 11 is 0. The van der Waals surface area contributed by atoms with E-state index in [1.807, 2.05) is 27.7 Å². The number of amides is 3. The van der Waals surface area contributed by atoms with Gasteiger partial charge in [0.2, 0.25) is 17.7 Å². The maximum absolute atomic E-state index is 13.8.